The second-order valence-corrected chi connectivity index (χ2v) is 5.36. The molecule has 0 bridgehead atoms. The van der Waals surface area contributed by atoms with E-state index in [0.29, 0.717) is 0 Å². The maximum absolute atomic E-state index is 11.9. The molecule has 0 aliphatic heterocycles. The fraction of sp³-hybridized carbons (Fsp3) is 0.688. The number of hydrogen-bond acceptors (Lipinski definition) is 5. The fourth-order valence-corrected chi connectivity index (χ4v) is 2.10. The summed E-state index contributed by atoms with van der Waals surface area (Å²) in [5.41, 5.74) is 8.20. The minimum absolute atomic E-state index is 0.101. The third-order valence-electron chi connectivity index (χ3n) is 3.57. The van der Waals surface area contributed by atoms with Crippen molar-refractivity contribution in [3.8, 4) is 0 Å². The molecule has 0 aromatic heterocycles. The van der Waals surface area contributed by atoms with Gasteiger partial charge in [-0.25, -0.2) is 4.79 Å². The molecule has 0 amide bonds. The van der Waals surface area contributed by atoms with Gasteiger partial charge in [0.05, 0.1) is 6.10 Å². The Balaban J connectivity index is 2.62. The smallest absolute Gasteiger partial charge is 0.354 e. The summed E-state index contributed by atoms with van der Waals surface area (Å²) in [4.78, 5) is 11.9. The van der Waals surface area contributed by atoms with Crippen molar-refractivity contribution in [1.29, 1.82) is 0 Å². The molecule has 0 spiro atoms. The average molecular weight is 296 g/mol. The van der Waals surface area contributed by atoms with Gasteiger partial charge in [-0.1, -0.05) is 6.92 Å². The van der Waals surface area contributed by atoms with Crippen molar-refractivity contribution in [2.24, 2.45) is 5.73 Å². The van der Waals surface area contributed by atoms with E-state index in [2.05, 4.69) is 5.32 Å². The standard InChI is InChI=1S/C16H28N2O3/c1-4-12(2)21-16(19)15(17)13-7-5-8-14(11-13)18-9-6-10-20-3/h11-12,18H,4-10,17H2,1-3H3/b15-13+. The normalized spacial score (nSPS) is 18.7. The highest BCUT2D eigenvalue weighted by molar-refractivity contribution is 5.89. The molecule has 0 saturated carbocycles. The Morgan fingerprint density at radius 3 is 2.90 bits per heavy atom. The number of nitrogens with one attached hydrogen (secondary N) is 1. The Kier molecular flexibility index (Phi) is 7.90. The quantitative estimate of drug-likeness (QED) is 0.408. The van der Waals surface area contributed by atoms with E-state index < -0.39 is 5.97 Å². The van der Waals surface area contributed by atoms with Crippen LogP contribution in [0.15, 0.2) is 23.0 Å². The molecule has 0 heterocycles. The van der Waals surface area contributed by atoms with Crippen molar-refractivity contribution < 1.29 is 14.3 Å². The van der Waals surface area contributed by atoms with Crippen LogP contribution in [0.5, 0.6) is 0 Å². The van der Waals surface area contributed by atoms with Crippen molar-refractivity contribution in [2.75, 3.05) is 20.3 Å². The number of carbonyl (C=O) groups is 1. The Morgan fingerprint density at radius 1 is 1.48 bits per heavy atom. The molecule has 3 N–H and O–H groups in total. The zero-order valence-electron chi connectivity index (χ0n) is 13.4. The van der Waals surface area contributed by atoms with Crippen LogP contribution in [-0.4, -0.2) is 32.3 Å². The maximum Gasteiger partial charge on any atom is 0.354 e. The number of nitrogens with two attached hydrogens (primary N) is 1. The zero-order chi connectivity index (χ0) is 15.7. The van der Waals surface area contributed by atoms with Crippen LogP contribution in [0.25, 0.3) is 0 Å². The predicted octanol–water partition coefficient (Wildman–Crippen LogP) is 2.23. The minimum Gasteiger partial charge on any atom is -0.458 e. The fourth-order valence-electron chi connectivity index (χ4n) is 2.10. The van der Waals surface area contributed by atoms with Crippen LogP contribution >= 0.6 is 0 Å². The molecule has 1 unspecified atom stereocenters. The Labute approximate surface area is 127 Å². The van der Waals surface area contributed by atoms with E-state index in [-0.39, 0.29) is 11.8 Å². The molecule has 0 saturated heterocycles. The second kappa shape index (κ2) is 9.45. The summed E-state index contributed by atoms with van der Waals surface area (Å²) in [6, 6.07) is 0. The first-order valence-electron chi connectivity index (χ1n) is 7.71. The summed E-state index contributed by atoms with van der Waals surface area (Å²) in [6.07, 6.45) is 6.44. The van der Waals surface area contributed by atoms with Crippen molar-refractivity contribution in [3.63, 3.8) is 0 Å². The zero-order valence-corrected chi connectivity index (χ0v) is 13.4. The molecule has 1 atom stereocenters. The molecule has 0 aromatic rings. The van der Waals surface area contributed by atoms with Gasteiger partial charge >= 0.3 is 5.97 Å². The SMILES string of the molecule is CCC(C)OC(=O)/C(N)=C1\C=C(NCCCOC)CCC1. The van der Waals surface area contributed by atoms with Crippen LogP contribution in [0.3, 0.4) is 0 Å². The van der Waals surface area contributed by atoms with Crippen molar-refractivity contribution in [2.45, 2.75) is 52.1 Å². The topological polar surface area (TPSA) is 73.6 Å². The second-order valence-electron chi connectivity index (χ2n) is 5.36. The highest BCUT2D eigenvalue weighted by Crippen LogP contribution is 2.22. The monoisotopic (exact) mass is 296 g/mol. The van der Waals surface area contributed by atoms with Gasteiger partial charge in [0, 0.05) is 26.0 Å². The average Bonchev–Trinajstić information content (AvgIpc) is 2.51. The van der Waals surface area contributed by atoms with E-state index in [1.165, 1.54) is 0 Å². The number of carbonyl (C=O) groups excluding carboxylic acids is 1. The predicted molar refractivity (Wildman–Crippen MR) is 83.5 cm³/mol. The van der Waals surface area contributed by atoms with E-state index in [1.54, 1.807) is 7.11 Å². The lowest BCUT2D eigenvalue weighted by Crippen LogP contribution is -2.23. The molecule has 0 fully saturated rings. The molecule has 5 nitrogen and oxygen atoms in total. The first kappa shape index (κ1) is 17.6. The molecule has 120 valence electrons. The van der Waals surface area contributed by atoms with E-state index in [9.17, 15) is 4.79 Å². The van der Waals surface area contributed by atoms with E-state index >= 15 is 0 Å². The molecule has 21 heavy (non-hydrogen) atoms. The van der Waals surface area contributed by atoms with Gasteiger partial charge in [-0.15, -0.1) is 0 Å². The van der Waals surface area contributed by atoms with Crippen LogP contribution < -0.4 is 11.1 Å². The summed E-state index contributed by atoms with van der Waals surface area (Å²) in [5, 5.41) is 3.37. The lowest BCUT2D eigenvalue weighted by atomic mass is 9.97. The Bertz CT molecular complexity index is 402. The number of ether oxygens (including phenoxy) is 2. The maximum atomic E-state index is 11.9. The van der Waals surface area contributed by atoms with Gasteiger partial charge < -0.3 is 20.5 Å². The van der Waals surface area contributed by atoms with Crippen LogP contribution in [0.2, 0.25) is 0 Å². The molecule has 1 aliphatic rings. The van der Waals surface area contributed by atoms with Crippen LogP contribution in [-0.2, 0) is 14.3 Å². The number of hydrogen-bond donors (Lipinski definition) is 2. The van der Waals surface area contributed by atoms with Gasteiger partial charge in [0.2, 0.25) is 0 Å². The summed E-state index contributed by atoms with van der Waals surface area (Å²) in [7, 11) is 1.70. The Morgan fingerprint density at radius 2 is 2.24 bits per heavy atom. The number of rotatable bonds is 8. The van der Waals surface area contributed by atoms with E-state index in [0.717, 1.165) is 56.5 Å². The molecular weight excluding hydrogens is 268 g/mol. The van der Waals surface area contributed by atoms with Gasteiger partial charge in [0.1, 0.15) is 5.70 Å². The van der Waals surface area contributed by atoms with E-state index in [1.807, 2.05) is 19.9 Å². The molecule has 1 aliphatic carbocycles. The highest BCUT2D eigenvalue weighted by atomic mass is 16.5. The molecule has 5 heteroatoms. The lowest BCUT2D eigenvalue weighted by molar-refractivity contribution is -0.143. The third-order valence-corrected chi connectivity index (χ3v) is 3.57. The molecule has 0 aromatic carbocycles. The van der Waals surface area contributed by atoms with Crippen molar-refractivity contribution >= 4 is 5.97 Å². The number of allylic oxidation sites excluding steroid dienone is 3. The van der Waals surface area contributed by atoms with Gasteiger partial charge in [-0.05, 0) is 50.7 Å². The summed E-state index contributed by atoms with van der Waals surface area (Å²) >= 11 is 0. The largest absolute Gasteiger partial charge is 0.458 e. The summed E-state index contributed by atoms with van der Waals surface area (Å²) in [5.74, 6) is -0.406. The molecule has 1 rings (SSSR count). The molecule has 0 radical (unpaired) electrons. The summed E-state index contributed by atoms with van der Waals surface area (Å²) < 4.78 is 10.3. The van der Waals surface area contributed by atoms with Crippen molar-refractivity contribution in [3.05, 3.63) is 23.0 Å². The third kappa shape index (κ3) is 6.21. The molecular formula is C16H28N2O3. The highest BCUT2D eigenvalue weighted by Gasteiger charge is 2.17. The van der Waals surface area contributed by atoms with Crippen molar-refractivity contribution in [1.82, 2.24) is 5.32 Å². The first-order chi connectivity index (χ1) is 10.1. The van der Waals surface area contributed by atoms with Crippen LogP contribution in [0.4, 0.5) is 0 Å². The minimum atomic E-state index is -0.406. The number of esters is 1. The van der Waals surface area contributed by atoms with Gasteiger partial charge in [0.25, 0.3) is 0 Å². The van der Waals surface area contributed by atoms with E-state index in [4.69, 9.17) is 15.2 Å². The van der Waals surface area contributed by atoms with Crippen LogP contribution in [0, 0.1) is 0 Å². The lowest BCUT2D eigenvalue weighted by Gasteiger charge is -2.19. The summed E-state index contributed by atoms with van der Waals surface area (Å²) in [6.45, 7) is 5.45. The van der Waals surface area contributed by atoms with Crippen LogP contribution in [0.1, 0.15) is 46.0 Å². The van der Waals surface area contributed by atoms with Gasteiger partial charge in [0.15, 0.2) is 0 Å². The number of methoxy groups -OCH3 is 1. The van der Waals surface area contributed by atoms with Gasteiger partial charge in [-0.3, -0.25) is 0 Å². The first-order valence-corrected chi connectivity index (χ1v) is 7.71. The Hall–Kier alpha value is -1.49. The van der Waals surface area contributed by atoms with Gasteiger partial charge in [-0.2, -0.15) is 0 Å².